The first-order valence-electron chi connectivity index (χ1n) is 6.74. The molecule has 1 aliphatic rings. The number of pyridine rings is 1. The Morgan fingerprint density at radius 2 is 2.47 bits per heavy atom. The number of piperidine rings is 1. The van der Waals surface area contributed by atoms with Crippen LogP contribution in [0.1, 0.15) is 25.3 Å². The molecule has 0 aromatic carbocycles. The van der Waals surface area contributed by atoms with Gasteiger partial charge in [-0.25, -0.2) is 0 Å². The lowest BCUT2D eigenvalue weighted by Gasteiger charge is -2.33. The van der Waals surface area contributed by atoms with Gasteiger partial charge in [0.15, 0.2) is 0 Å². The number of aromatic nitrogens is 1. The molecule has 17 heavy (non-hydrogen) atoms. The third-order valence-electron chi connectivity index (χ3n) is 3.60. The fourth-order valence-corrected chi connectivity index (χ4v) is 2.56. The minimum absolute atomic E-state index is 0.727. The highest BCUT2D eigenvalue weighted by Crippen LogP contribution is 2.11. The monoisotopic (exact) mass is 233 g/mol. The van der Waals surface area contributed by atoms with Crippen molar-refractivity contribution in [3.05, 3.63) is 30.1 Å². The summed E-state index contributed by atoms with van der Waals surface area (Å²) in [4.78, 5) is 6.77. The molecule has 0 saturated carbocycles. The first-order chi connectivity index (χ1) is 8.40. The van der Waals surface area contributed by atoms with E-state index >= 15 is 0 Å². The summed E-state index contributed by atoms with van der Waals surface area (Å²) < 4.78 is 0. The first kappa shape index (κ1) is 12.5. The van der Waals surface area contributed by atoms with Gasteiger partial charge in [0.1, 0.15) is 0 Å². The van der Waals surface area contributed by atoms with E-state index in [0.717, 1.165) is 32.1 Å². The van der Waals surface area contributed by atoms with Crippen LogP contribution in [0.5, 0.6) is 0 Å². The minimum Gasteiger partial charge on any atom is -0.315 e. The van der Waals surface area contributed by atoms with Crippen molar-refractivity contribution in [1.29, 1.82) is 0 Å². The van der Waals surface area contributed by atoms with Gasteiger partial charge in [-0.1, -0.05) is 13.0 Å². The Kier molecular flexibility index (Phi) is 4.95. The van der Waals surface area contributed by atoms with Gasteiger partial charge >= 0.3 is 0 Å². The standard InChI is InChI=1S/C14H23N3/c1-2-17(14-6-4-9-16-12-14)10-7-13-5-3-8-15-11-13/h3,5,8,11,14,16H,2,4,6-7,9-10,12H2,1H3. The molecular formula is C14H23N3. The topological polar surface area (TPSA) is 28.2 Å². The SMILES string of the molecule is CCN(CCc1cccnc1)C1CCCNC1. The lowest BCUT2D eigenvalue weighted by atomic mass is 10.1. The predicted molar refractivity (Wildman–Crippen MR) is 71.1 cm³/mol. The van der Waals surface area contributed by atoms with Crippen LogP contribution in [-0.4, -0.2) is 42.1 Å². The van der Waals surface area contributed by atoms with Gasteiger partial charge in [0, 0.05) is 31.5 Å². The Balaban J connectivity index is 1.82. The highest BCUT2D eigenvalue weighted by atomic mass is 15.2. The van der Waals surface area contributed by atoms with Gasteiger partial charge in [-0.05, 0) is 44.0 Å². The Labute approximate surface area is 104 Å². The van der Waals surface area contributed by atoms with Crippen molar-refractivity contribution in [3.8, 4) is 0 Å². The molecule has 1 saturated heterocycles. The number of hydrogen-bond donors (Lipinski definition) is 1. The normalized spacial score (nSPS) is 20.7. The zero-order valence-electron chi connectivity index (χ0n) is 10.7. The van der Waals surface area contributed by atoms with E-state index in [1.165, 1.54) is 24.9 Å². The Morgan fingerprint density at radius 1 is 1.53 bits per heavy atom. The second-order valence-electron chi connectivity index (χ2n) is 4.74. The first-order valence-corrected chi connectivity index (χ1v) is 6.74. The Morgan fingerprint density at radius 3 is 3.12 bits per heavy atom. The van der Waals surface area contributed by atoms with E-state index in [1.54, 1.807) is 0 Å². The van der Waals surface area contributed by atoms with Crippen LogP contribution in [0.25, 0.3) is 0 Å². The van der Waals surface area contributed by atoms with Crippen molar-refractivity contribution in [2.45, 2.75) is 32.2 Å². The second kappa shape index (κ2) is 6.72. The molecule has 1 aromatic rings. The molecule has 1 atom stereocenters. The lowest BCUT2D eigenvalue weighted by Crippen LogP contribution is -2.46. The zero-order valence-corrected chi connectivity index (χ0v) is 10.7. The van der Waals surface area contributed by atoms with Crippen LogP contribution in [0.2, 0.25) is 0 Å². The molecule has 3 heteroatoms. The smallest absolute Gasteiger partial charge is 0.0300 e. The summed E-state index contributed by atoms with van der Waals surface area (Å²) in [5.74, 6) is 0. The highest BCUT2D eigenvalue weighted by molar-refractivity contribution is 5.08. The average molecular weight is 233 g/mol. The van der Waals surface area contributed by atoms with Gasteiger partial charge in [-0.15, -0.1) is 0 Å². The predicted octanol–water partition coefficient (Wildman–Crippen LogP) is 1.70. The summed E-state index contributed by atoms with van der Waals surface area (Å²) in [5, 5.41) is 3.49. The summed E-state index contributed by atoms with van der Waals surface area (Å²) in [7, 11) is 0. The Bertz CT molecular complexity index is 307. The highest BCUT2D eigenvalue weighted by Gasteiger charge is 2.18. The van der Waals surface area contributed by atoms with Gasteiger partial charge in [-0.3, -0.25) is 9.88 Å². The molecule has 1 aliphatic heterocycles. The van der Waals surface area contributed by atoms with E-state index in [9.17, 15) is 0 Å². The van der Waals surface area contributed by atoms with Gasteiger partial charge in [-0.2, -0.15) is 0 Å². The van der Waals surface area contributed by atoms with Crippen LogP contribution in [0.3, 0.4) is 0 Å². The van der Waals surface area contributed by atoms with E-state index in [1.807, 2.05) is 18.5 Å². The number of hydrogen-bond acceptors (Lipinski definition) is 3. The fourth-order valence-electron chi connectivity index (χ4n) is 2.56. The average Bonchev–Trinajstić information content (AvgIpc) is 2.42. The maximum absolute atomic E-state index is 4.17. The minimum atomic E-state index is 0.727. The van der Waals surface area contributed by atoms with Crippen molar-refractivity contribution < 1.29 is 0 Å². The van der Waals surface area contributed by atoms with Crippen molar-refractivity contribution in [3.63, 3.8) is 0 Å². The third-order valence-corrected chi connectivity index (χ3v) is 3.60. The van der Waals surface area contributed by atoms with Crippen molar-refractivity contribution in [2.75, 3.05) is 26.2 Å². The third kappa shape index (κ3) is 3.79. The number of nitrogens with one attached hydrogen (secondary N) is 1. The van der Waals surface area contributed by atoms with Gasteiger partial charge in [0.05, 0.1) is 0 Å². The molecule has 3 nitrogen and oxygen atoms in total. The molecule has 1 fully saturated rings. The van der Waals surface area contributed by atoms with Crippen LogP contribution in [0.4, 0.5) is 0 Å². The largest absolute Gasteiger partial charge is 0.315 e. The molecule has 0 amide bonds. The van der Waals surface area contributed by atoms with Crippen LogP contribution in [0, 0.1) is 0 Å². The van der Waals surface area contributed by atoms with E-state index in [-0.39, 0.29) is 0 Å². The summed E-state index contributed by atoms with van der Waals surface area (Å²) in [6.45, 7) is 6.90. The molecule has 2 rings (SSSR count). The number of nitrogens with zero attached hydrogens (tertiary/aromatic N) is 2. The maximum Gasteiger partial charge on any atom is 0.0300 e. The van der Waals surface area contributed by atoms with Crippen molar-refractivity contribution in [2.24, 2.45) is 0 Å². The summed E-state index contributed by atoms with van der Waals surface area (Å²) in [6.07, 6.45) is 7.58. The number of rotatable bonds is 5. The molecule has 94 valence electrons. The maximum atomic E-state index is 4.17. The van der Waals surface area contributed by atoms with Crippen LogP contribution < -0.4 is 5.32 Å². The van der Waals surface area contributed by atoms with E-state index in [4.69, 9.17) is 0 Å². The van der Waals surface area contributed by atoms with Crippen LogP contribution >= 0.6 is 0 Å². The molecule has 0 aliphatic carbocycles. The van der Waals surface area contributed by atoms with Gasteiger partial charge in [0.25, 0.3) is 0 Å². The summed E-state index contributed by atoms with van der Waals surface area (Å²) in [5.41, 5.74) is 1.34. The van der Waals surface area contributed by atoms with Crippen LogP contribution in [-0.2, 0) is 6.42 Å². The molecule has 0 bridgehead atoms. The summed E-state index contributed by atoms with van der Waals surface area (Å²) >= 11 is 0. The van der Waals surface area contributed by atoms with Crippen LogP contribution in [0.15, 0.2) is 24.5 Å². The molecule has 2 heterocycles. The molecular weight excluding hydrogens is 210 g/mol. The molecule has 1 N–H and O–H groups in total. The van der Waals surface area contributed by atoms with Gasteiger partial charge < -0.3 is 5.32 Å². The fraction of sp³-hybridized carbons (Fsp3) is 0.643. The van der Waals surface area contributed by atoms with Gasteiger partial charge in [0.2, 0.25) is 0 Å². The lowest BCUT2D eigenvalue weighted by molar-refractivity contribution is 0.176. The molecule has 1 aromatic heterocycles. The van der Waals surface area contributed by atoms with Crippen molar-refractivity contribution in [1.82, 2.24) is 15.2 Å². The Hall–Kier alpha value is -0.930. The second-order valence-corrected chi connectivity index (χ2v) is 4.74. The van der Waals surface area contributed by atoms with E-state index < -0.39 is 0 Å². The van der Waals surface area contributed by atoms with Crippen molar-refractivity contribution >= 4 is 0 Å². The molecule has 0 spiro atoms. The zero-order chi connectivity index (χ0) is 11.9. The molecule has 1 unspecified atom stereocenters. The van der Waals surface area contributed by atoms with E-state index in [2.05, 4.69) is 28.2 Å². The molecule has 0 radical (unpaired) electrons. The quantitative estimate of drug-likeness (QED) is 0.839. The summed E-state index contributed by atoms with van der Waals surface area (Å²) in [6, 6.07) is 4.92. The number of likely N-dealkylation sites (N-methyl/N-ethyl adjacent to an activating group) is 1. The van der Waals surface area contributed by atoms with E-state index in [0.29, 0.717) is 0 Å².